The third-order valence-electron chi connectivity index (χ3n) is 5.62. The Hall–Kier alpha value is -0.0900. The van der Waals surface area contributed by atoms with Crippen LogP contribution in [0.3, 0.4) is 0 Å². The molecule has 3 saturated carbocycles. The predicted octanol–water partition coefficient (Wildman–Crippen LogP) is 1.57. The van der Waals surface area contributed by atoms with Crippen molar-refractivity contribution in [2.24, 2.45) is 29.4 Å². The molecule has 3 aliphatic carbocycles. The summed E-state index contributed by atoms with van der Waals surface area (Å²) in [6.45, 7) is 0. The van der Waals surface area contributed by atoms with E-state index >= 15 is 0 Å². The Morgan fingerprint density at radius 2 is 2.00 bits per heavy atom. The van der Waals surface area contributed by atoms with Gasteiger partial charge >= 0.3 is 0 Å². The second-order valence-electron chi connectivity index (χ2n) is 6.68. The Labute approximate surface area is 104 Å². The summed E-state index contributed by atoms with van der Waals surface area (Å²) in [5.41, 5.74) is 6.38. The Morgan fingerprint density at radius 3 is 2.71 bits per heavy atom. The van der Waals surface area contributed by atoms with Crippen LogP contribution in [0.25, 0.3) is 0 Å². The molecule has 0 aliphatic heterocycles. The van der Waals surface area contributed by atoms with Gasteiger partial charge in [0.2, 0.25) is 0 Å². The van der Waals surface area contributed by atoms with Gasteiger partial charge in [-0.25, -0.2) is 8.42 Å². The highest BCUT2D eigenvalue weighted by atomic mass is 32.2. The molecule has 3 fully saturated rings. The molecule has 2 bridgehead atoms. The number of rotatable bonds is 3. The maximum atomic E-state index is 11.3. The summed E-state index contributed by atoms with van der Waals surface area (Å²) < 4.78 is 22.6. The van der Waals surface area contributed by atoms with Gasteiger partial charge in [-0.2, -0.15) is 0 Å². The molecule has 2 N–H and O–H groups in total. The molecule has 0 spiro atoms. The van der Waals surface area contributed by atoms with E-state index in [4.69, 9.17) is 5.73 Å². The van der Waals surface area contributed by atoms with E-state index in [1.165, 1.54) is 31.9 Å². The first-order valence-electron chi connectivity index (χ1n) is 6.86. The van der Waals surface area contributed by atoms with Gasteiger partial charge in [0, 0.05) is 11.8 Å². The van der Waals surface area contributed by atoms with Gasteiger partial charge in [-0.15, -0.1) is 0 Å². The molecule has 0 amide bonds. The molecule has 98 valence electrons. The number of hydrogen-bond acceptors (Lipinski definition) is 3. The van der Waals surface area contributed by atoms with E-state index in [1.54, 1.807) is 0 Å². The molecular formula is C13H23NO2S. The van der Waals surface area contributed by atoms with Gasteiger partial charge in [0.1, 0.15) is 9.84 Å². The molecule has 0 heterocycles. The van der Waals surface area contributed by atoms with Crippen molar-refractivity contribution in [3.8, 4) is 0 Å². The van der Waals surface area contributed by atoms with Crippen molar-refractivity contribution in [3.63, 3.8) is 0 Å². The number of hydrogen-bond donors (Lipinski definition) is 1. The predicted molar refractivity (Wildman–Crippen MR) is 68.3 cm³/mol. The summed E-state index contributed by atoms with van der Waals surface area (Å²) in [4.78, 5) is 0. The van der Waals surface area contributed by atoms with Gasteiger partial charge in [0.15, 0.2) is 0 Å². The van der Waals surface area contributed by atoms with Crippen molar-refractivity contribution in [1.29, 1.82) is 0 Å². The van der Waals surface area contributed by atoms with E-state index in [0.717, 1.165) is 24.2 Å². The van der Waals surface area contributed by atoms with Gasteiger partial charge in [-0.3, -0.25) is 0 Å². The molecule has 0 saturated heterocycles. The minimum absolute atomic E-state index is 0.167. The van der Waals surface area contributed by atoms with Gasteiger partial charge in [0.05, 0.1) is 5.75 Å². The Morgan fingerprint density at radius 1 is 1.29 bits per heavy atom. The molecule has 0 aromatic carbocycles. The summed E-state index contributed by atoms with van der Waals surface area (Å²) >= 11 is 0. The quantitative estimate of drug-likeness (QED) is 0.835. The molecule has 5 atom stereocenters. The maximum Gasteiger partial charge on any atom is 0.147 e. The van der Waals surface area contributed by atoms with Crippen LogP contribution in [0.5, 0.6) is 0 Å². The first-order chi connectivity index (χ1) is 7.89. The lowest BCUT2D eigenvalue weighted by molar-refractivity contribution is 0.153. The lowest BCUT2D eigenvalue weighted by Gasteiger charge is -2.40. The smallest absolute Gasteiger partial charge is 0.147 e. The van der Waals surface area contributed by atoms with E-state index in [0.29, 0.717) is 12.3 Å². The average molecular weight is 257 g/mol. The molecule has 0 aromatic rings. The van der Waals surface area contributed by atoms with Crippen molar-refractivity contribution in [1.82, 2.24) is 0 Å². The summed E-state index contributed by atoms with van der Waals surface area (Å²) in [6.07, 6.45) is 8.45. The molecule has 3 nitrogen and oxygen atoms in total. The van der Waals surface area contributed by atoms with E-state index in [-0.39, 0.29) is 11.3 Å². The van der Waals surface area contributed by atoms with Crippen molar-refractivity contribution in [2.45, 2.75) is 44.1 Å². The van der Waals surface area contributed by atoms with E-state index in [1.807, 2.05) is 0 Å². The lowest BCUT2D eigenvalue weighted by atomic mass is 9.70. The zero-order valence-corrected chi connectivity index (χ0v) is 11.4. The second-order valence-corrected chi connectivity index (χ2v) is 8.94. The van der Waals surface area contributed by atoms with Crippen LogP contribution in [0.15, 0.2) is 0 Å². The fraction of sp³-hybridized carbons (Fsp3) is 1.00. The Bertz CT molecular complexity index is 419. The van der Waals surface area contributed by atoms with Crippen LogP contribution < -0.4 is 5.73 Å². The summed E-state index contributed by atoms with van der Waals surface area (Å²) in [6, 6.07) is 0. The molecular weight excluding hydrogens is 234 g/mol. The third-order valence-corrected chi connectivity index (χ3v) is 6.57. The average Bonchev–Trinajstić information content (AvgIpc) is 2.83. The van der Waals surface area contributed by atoms with E-state index < -0.39 is 9.84 Å². The molecule has 3 rings (SSSR count). The highest BCUT2D eigenvalue weighted by molar-refractivity contribution is 7.90. The minimum Gasteiger partial charge on any atom is -0.325 e. The molecule has 3 aliphatic rings. The maximum absolute atomic E-state index is 11.3. The molecule has 0 aromatic heterocycles. The summed E-state index contributed by atoms with van der Waals surface area (Å²) in [5.74, 6) is 3.43. The topological polar surface area (TPSA) is 60.2 Å². The second kappa shape index (κ2) is 3.70. The number of sulfone groups is 1. The molecule has 17 heavy (non-hydrogen) atoms. The third kappa shape index (κ3) is 1.93. The molecule has 5 unspecified atom stereocenters. The van der Waals surface area contributed by atoms with Crippen LogP contribution in [-0.2, 0) is 9.84 Å². The van der Waals surface area contributed by atoms with Crippen LogP contribution in [0, 0.1) is 23.7 Å². The fourth-order valence-corrected chi connectivity index (χ4v) is 5.73. The van der Waals surface area contributed by atoms with Crippen LogP contribution >= 0.6 is 0 Å². The highest BCUT2D eigenvalue weighted by Gasteiger charge is 2.58. The SMILES string of the molecule is CS(=O)(=O)CCC1(N)CC2CC1C1CCCC21. The minimum atomic E-state index is -2.87. The number of fused-ring (bicyclic) bond motifs is 5. The first kappa shape index (κ1) is 12.0. The largest absolute Gasteiger partial charge is 0.325 e. The van der Waals surface area contributed by atoms with Gasteiger partial charge < -0.3 is 5.73 Å². The van der Waals surface area contributed by atoms with Crippen LogP contribution in [0.2, 0.25) is 0 Å². The Balaban J connectivity index is 1.73. The van der Waals surface area contributed by atoms with Crippen molar-refractivity contribution < 1.29 is 8.42 Å². The first-order valence-corrected chi connectivity index (χ1v) is 8.92. The van der Waals surface area contributed by atoms with Crippen LogP contribution in [0.1, 0.15) is 38.5 Å². The zero-order chi connectivity index (χ0) is 12.3. The summed E-state index contributed by atoms with van der Waals surface area (Å²) in [7, 11) is -2.87. The fourth-order valence-electron chi connectivity index (χ4n) is 4.98. The van der Waals surface area contributed by atoms with E-state index in [9.17, 15) is 8.42 Å². The monoisotopic (exact) mass is 257 g/mol. The van der Waals surface area contributed by atoms with Gasteiger partial charge in [-0.05, 0) is 55.8 Å². The normalized spacial score (nSPS) is 48.6. The molecule has 4 heteroatoms. The highest BCUT2D eigenvalue weighted by Crippen LogP contribution is 2.62. The Kier molecular flexibility index (Phi) is 2.61. The molecule has 0 radical (unpaired) electrons. The van der Waals surface area contributed by atoms with Crippen molar-refractivity contribution >= 4 is 9.84 Å². The van der Waals surface area contributed by atoms with Crippen LogP contribution in [0.4, 0.5) is 0 Å². The standard InChI is InChI=1S/C13H23NO2S/c1-17(15,16)6-5-13(14)8-9-7-12(13)11-4-2-3-10(9)11/h9-12H,2-8,14H2,1H3. The zero-order valence-electron chi connectivity index (χ0n) is 10.6. The van der Waals surface area contributed by atoms with Crippen LogP contribution in [-0.4, -0.2) is 26.0 Å². The van der Waals surface area contributed by atoms with E-state index in [2.05, 4.69) is 0 Å². The van der Waals surface area contributed by atoms with Crippen molar-refractivity contribution in [2.75, 3.05) is 12.0 Å². The van der Waals surface area contributed by atoms with Gasteiger partial charge in [0.25, 0.3) is 0 Å². The van der Waals surface area contributed by atoms with Gasteiger partial charge in [-0.1, -0.05) is 6.42 Å². The van der Waals surface area contributed by atoms with Crippen molar-refractivity contribution in [3.05, 3.63) is 0 Å². The number of nitrogens with two attached hydrogens (primary N) is 1. The summed E-state index contributed by atoms with van der Waals surface area (Å²) in [5, 5.41) is 0. The lowest BCUT2D eigenvalue weighted by Crippen LogP contribution is -2.50.